The van der Waals surface area contributed by atoms with Gasteiger partial charge in [0, 0.05) is 0 Å². The minimum Gasteiger partial charge on any atom is -0.317 e. The Kier molecular flexibility index (Phi) is 5.11. The molecule has 0 aliphatic carbocycles. The van der Waals surface area contributed by atoms with E-state index in [1.54, 1.807) is 0 Å². The second kappa shape index (κ2) is 5.50. The van der Waals surface area contributed by atoms with Crippen LogP contribution in [0.25, 0.3) is 0 Å². The minimum atomic E-state index is 0.500. The van der Waals surface area contributed by atoms with Gasteiger partial charge in [-0.1, -0.05) is 6.58 Å². The van der Waals surface area contributed by atoms with Crippen molar-refractivity contribution in [1.82, 2.24) is 5.32 Å². The Labute approximate surface area is 43.9 Å². The summed E-state index contributed by atoms with van der Waals surface area (Å²) in [6, 6.07) is 0. The minimum absolute atomic E-state index is 0.500. The first-order valence-electron chi connectivity index (χ1n) is 2.35. The summed E-state index contributed by atoms with van der Waals surface area (Å²) < 4.78 is 0. The highest BCUT2D eigenvalue weighted by Crippen LogP contribution is 1.80. The van der Waals surface area contributed by atoms with Gasteiger partial charge in [-0.2, -0.15) is 0 Å². The molecular weight excluding hydrogens is 90.1 g/mol. The highest BCUT2D eigenvalue weighted by atomic mass is 16.2. The van der Waals surface area contributed by atoms with Crippen LogP contribution in [0.3, 0.4) is 0 Å². The molecule has 0 saturated carbocycles. The number of rotatable bonds is 0. The van der Waals surface area contributed by atoms with Crippen LogP contribution in [0.1, 0.15) is 6.42 Å². The fraction of sp³-hybridized carbons (Fsp3) is 0.600. The van der Waals surface area contributed by atoms with Crippen molar-refractivity contribution < 1.29 is 5.11 Å². The van der Waals surface area contributed by atoms with E-state index in [1.807, 2.05) is 0 Å². The molecule has 1 heterocycles. The highest BCUT2D eigenvalue weighted by molar-refractivity contribution is 4.56. The Morgan fingerprint density at radius 1 is 1.57 bits per heavy atom. The summed E-state index contributed by atoms with van der Waals surface area (Å²) >= 11 is 0. The molecule has 0 aromatic rings. The summed E-state index contributed by atoms with van der Waals surface area (Å²) in [6.07, 6.45) is 1.89. The molecule has 1 radical (unpaired) electrons. The van der Waals surface area contributed by atoms with Crippen LogP contribution in [-0.4, -0.2) is 13.1 Å². The Hall–Kier alpha value is -0.500. The molecule has 0 unspecified atom stereocenters. The van der Waals surface area contributed by atoms with E-state index < -0.39 is 0 Å². The Morgan fingerprint density at radius 3 is 1.71 bits per heavy atom. The van der Waals surface area contributed by atoms with Crippen LogP contribution in [0.2, 0.25) is 0 Å². The van der Waals surface area contributed by atoms with Crippen molar-refractivity contribution in [2.75, 3.05) is 13.1 Å². The first-order chi connectivity index (χ1) is 3.41. The van der Waals surface area contributed by atoms with Crippen molar-refractivity contribution in [1.29, 1.82) is 0 Å². The molecule has 1 rings (SSSR count). The predicted molar refractivity (Wildman–Crippen MR) is 28.4 cm³/mol. The molecule has 1 aliphatic heterocycles. The van der Waals surface area contributed by atoms with Gasteiger partial charge in [-0.3, -0.25) is 5.11 Å². The maximum absolute atomic E-state index is 8.69. The molecule has 2 heteroatoms. The van der Waals surface area contributed by atoms with Gasteiger partial charge in [0.05, 0.1) is 0 Å². The molecule has 0 atom stereocenters. The molecule has 1 fully saturated rings. The topological polar surface area (TPSA) is 31.9 Å². The Balaban J connectivity index is 0.000000110. The van der Waals surface area contributed by atoms with Gasteiger partial charge in [-0.05, 0) is 19.5 Å². The number of nitrogens with one attached hydrogen (secondary N) is 1. The summed E-state index contributed by atoms with van der Waals surface area (Å²) in [5, 5.41) is 11.8. The fourth-order valence-electron chi connectivity index (χ4n) is 0.177. The van der Waals surface area contributed by atoms with Gasteiger partial charge in [0.15, 0.2) is 0 Å². The first-order valence-corrected chi connectivity index (χ1v) is 2.35. The zero-order valence-corrected chi connectivity index (χ0v) is 4.31. The normalized spacial score (nSPS) is 15.4. The third kappa shape index (κ3) is 5.50. The molecule has 1 saturated heterocycles. The van der Waals surface area contributed by atoms with E-state index in [9.17, 15) is 0 Å². The molecule has 1 N–H and O–H groups in total. The summed E-state index contributed by atoms with van der Waals surface area (Å²) in [6.45, 7) is 5.31. The van der Waals surface area contributed by atoms with Crippen LogP contribution in [0.4, 0.5) is 0 Å². The van der Waals surface area contributed by atoms with Crippen LogP contribution >= 0.6 is 0 Å². The molecule has 0 bridgehead atoms. The lowest BCUT2D eigenvalue weighted by molar-refractivity contribution is 0.353. The van der Waals surface area contributed by atoms with E-state index in [4.69, 9.17) is 5.11 Å². The maximum Gasteiger partial charge on any atom is 0.135 e. The van der Waals surface area contributed by atoms with E-state index >= 15 is 0 Å². The van der Waals surface area contributed by atoms with Crippen molar-refractivity contribution in [3.63, 3.8) is 0 Å². The summed E-state index contributed by atoms with van der Waals surface area (Å²) in [5.41, 5.74) is 0. The zero-order chi connectivity index (χ0) is 5.54. The van der Waals surface area contributed by atoms with Crippen molar-refractivity contribution >= 4 is 0 Å². The van der Waals surface area contributed by atoms with Gasteiger partial charge in [-0.25, -0.2) is 0 Å². The van der Waals surface area contributed by atoms with Gasteiger partial charge in [0.1, 0.15) is 6.26 Å². The molecule has 0 spiro atoms. The van der Waals surface area contributed by atoms with Gasteiger partial charge < -0.3 is 5.32 Å². The van der Waals surface area contributed by atoms with Crippen molar-refractivity contribution in [3.05, 3.63) is 12.8 Å². The SMILES string of the molecule is C1CNC1.C=C[O]. The summed E-state index contributed by atoms with van der Waals surface area (Å²) in [7, 11) is 0. The first kappa shape index (κ1) is 6.50. The van der Waals surface area contributed by atoms with Gasteiger partial charge in [0.2, 0.25) is 0 Å². The lowest BCUT2D eigenvalue weighted by atomic mass is 10.3. The largest absolute Gasteiger partial charge is 0.317 e. The zero-order valence-electron chi connectivity index (χ0n) is 4.31. The third-order valence-electron chi connectivity index (χ3n) is 0.707. The van der Waals surface area contributed by atoms with Crippen molar-refractivity contribution in [2.45, 2.75) is 6.42 Å². The quantitative estimate of drug-likeness (QED) is 0.443. The highest BCUT2D eigenvalue weighted by Gasteiger charge is 1.92. The van der Waals surface area contributed by atoms with Crippen molar-refractivity contribution in [3.8, 4) is 0 Å². The second-order valence-electron chi connectivity index (χ2n) is 1.27. The monoisotopic (exact) mass is 100 g/mol. The Bertz CT molecular complexity index is 37.3. The van der Waals surface area contributed by atoms with Crippen LogP contribution in [0.5, 0.6) is 0 Å². The van der Waals surface area contributed by atoms with Crippen LogP contribution in [-0.2, 0) is 5.11 Å². The predicted octanol–water partition coefficient (Wildman–Crippen LogP) is 0.540. The molecule has 1 aliphatic rings. The average molecular weight is 100 g/mol. The van der Waals surface area contributed by atoms with Crippen LogP contribution in [0, 0.1) is 0 Å². The smallest absolute Gasteiger partial charge is 0.135 e. The summed E-state index contributed by atoms with van der Waals surface area (Å²) in [4.78, 5) is 0. The van der Waals surface area contributed by atoms with Gasteiger partial charge in [-0.15, -0.1) is 0 Å². The van der Waals surface area contributed by atoms with E-state index in [1.165, 1.54) is 19.5 Å². The number of hydrogen-bond acceptors (Lipinski definition) is 1. The van der Waals surface area contributed by atoms with E-state index in [0.717, 1.165) is 0 Å². The van der Waals surface area contributed by atoms with Crippen LogP contribution < -0.4 is 5.32 Å². The standard InChI is InChI=1S/C3H7N.C2H3O/c1-2-4-3-1;1-2-3/h4H,1-3H2;2H,1H2. The molecule has 0 amide bonds. The van der Waals surface area contributed by atoms with Crippen LogP contribution in [0.15, 0.2) is 12.8 Å². The lowest BCUT2D eigenvalue weighted by Crippen LogP contribution is -2.29. The second-order valence-corrected chi connectivity index (χ2v) is 1.27. The molecule has 2 nitrogen and oxygen atoms in total. The molecule has 0 aromatic heterocycles. The molecule has 41 valence electrons. The molecule has 7 heavy (non-hydrogen) atoms. The van der Waals surface area contributed by atoms with E-state index in [0.29, 0.717) is 6.26 Å². The molecule has 0 aromatic carbocycles. The van der Waals surface area contributed by atoms with Crippen molar-refractivity contribution in [2.24, 2.45) is 0 Å². The Morgan fingerprint density at radius 2 is 1.71 bits per heavy atom. The fourth-order valence-corrected chi connectivity index (χ4v) is 0.177. The lowest BCUT2D eigenvalue weighted by Gasteiger charge is -2.09. The van der Waals surface area contributed by atoms with E-state index in [2.05, 4.69) is 11.9 Å². The molecular formula is C5H10NO. The third-order valence-corrected chi connectivity index (χ3v) is 0.707. The van der Waals surface area contributed by atoms with Gasteiger partial charge in [0.25, 0.3) is 0 Å². The van der Waals surface area contributed by atoms with E-state index in [-0.39, 0.29) is 0 Å². The maximum atomic E-state index is 8.69. The average Bonchev–Trinajstić information content (AvgIpc) is 1.27. The van der Waals surface area contributed by atoms with Gasteiger partial charge >= 0.3 is 0 Å². The summed E-state index contributed by atoms with van der Waals surface area (Å²) in [5.74, 6) is 0. The number of hydrogen-bond donors (Lipinski definition) is 1.